The van der Waals surface area contributed by atoms with E-state index in [0.29, 0.717) is 16.6 Å². The van der Waals surface area contributed by atoms with Gasteiger partial charge < -0.3 is 10.1 Å². The van der Waals surface area contributed by atoms with Gasteiger partial charge in [0.25, 0.3) is 5.91 Å². The molecule has 0 saturated carbocycles. The summed E-state index contributed by atoms with van der Waals surface area (Å²) < 4.78 is 28.8. The third kappa shape index (κ3) is 5.15. The number of nitrogens with one attached hydrogen (secondary N) is 1. The molecule has 0 aliphatic carbocycles. The van der Waals surface area contributed by atoms with Crippen LogP contribution in [0.1, 0.15) is 34.1 Å². The van der Waals surface area contributed by atoms with E-state index in [1.54, 1.807) is 18.2 Å². The van der Waals surface area contributed by atoms with Crippen molar-refractivity contribution >= 4 is 43.3 Å². The molecule has 2 aromatic rings. The number of benzene rings is 2. The summed E-state index contributed by atoms with van der Waals surface area (Å²) in [5.74, 6) is -0.993. The molecule has 6 nitrogen and oxygen atoms in total. The molecule has 0 atom stereocenters. The first-order chi connectivity index (χ1) is 12.2. The van der Waals surface area contributed by atoms with Gasteiger partial charge in [0, 0.05) is 16.3 Å². The number of halogens is 1. The molecule has 1 amide bonds. The van der Waals surface area contributed by atoms with Crippen molar-refractivity contribution in [2.24, 2.45) is 0 Å². The number of rotatable bonds is 6. The smallest absolute Gasteiger partial charge is 0.340 e. The lowest BCUT2D eigenvalue weighted by atomic mass is 10.1. The van der Waals surface area contributed by atoms with Crippen molar-refractivity contribution in [2.75, 3.05) is 18.2 Å². The van der Waals surface area contributed by atoms with Crippen LogP contribution in [-0.2, 0) is 14.6 Å². The van der Waals surface area contributed by atoms with Crippen LogP contribution in [0.3, 0.4) is 0 Å². The fourth-order valence-electron chi connectivity index (χ4n) is 2.11. The molecule has 1 N–H and O–H groups in total. The normalized spacial score (nSPS) is 11.0. The number of anilines is 1. The van der Waals surface area contributed by atoms with E-state index < -0.39 is 21.7 Å². The second-order valence-electron chi connectivity index (χ2n) is 5.58. The maximum Gasteiger partial charge on any atom is 0.340 e. The average molecular weight is 440 g/mol. The number of ether oxygens (including phenoxy) is 1. The van der Waals surface area contributed by atoms with E-state index in [9.17, 15) is 18.0 Å². The molecule has 0 aromatic heterocycles. The van der Waals surface area contributed by atoms with Crippen LogP contribution in [0.25, 0.3) is 0 Å². The Labute approximate surface area is 160 Å². The summed E-state index contributed by atoms with van der Waals surface area (Å²) in [6.45, 7) is 2.17. The molecule has 0 unspecified atom stereocenters. The van der Waals surface area contributed by atoms with Gasteiger partial charge in [-0.3, -0.25) is 4.79 Å². The number of carbonyl (C=O) groups is 2. The Hall–Kier alpha value is -2.19. The zero-order valence-corrected chi connectivity index (χ0v) is 16.7. The van der Waals surface area contributed by atoms with Crippen LogP contribution < -0.4 is 5.32 Å². The second kappa shape index (κ2) is 8.46. The number of esters is 1. The van der Waals surface area contributed by atoms with Crippen LogP contribution in [0.2, 0.25) is 0 Å². The SMILES string of the molecule is CCCOC(=O)c1cc(Br)ccc1NC(=O)c1ccc(S(C)(=O)=O)cc1. The largest absolute Gasteiger partial charge is 0.462 e. The summed E-state index contributed by atoms with van der Waals surface area (Å²) >= 11 is 3.29. The van der Waals surface area contributed by atoms with Crippen molar-refractivity contribution in [3.63, 3.8) is 0 Å². The fraction of sp³-hybridized carbons (Fsp3) is 0.222. The topological polar surface area (TPSA) is 89.5 Å². The first-order valence-electron chi connectivity index (χ1n) is 7.80. The van der Waals surface area contributed by atoms with Gasteiger partial charge in [0.1, 0.15) is 0 Å². The van der Waals surface area contributed by atoms with Gasteiger partial charge in [0.2, 0.25) is 0 Å². The molecule has 0 fully saturated rings. The Bertz CT molecular complexity index is 923. The molecule has 0 heterocycles. The van der Waals surface area contributed by atoms with Gasteiger partial charge in [0.05, 0.1) is 22.8 Å². The third-order valence-electron chi connectivity index (χ3n) is 3.43. The first-order valence-corrected chi connectivity index (χ1v) is 10.5. The van der Waals surface area contributed by atoms with Gasteiger partial charge in [-0.15, -0.1) is 0 Å². The molecule has 0 aliphatic rings. The van der Waals surface area contributed by atoms with Crippen molar-refractivity contribution in [1.29, 1.82) is 0 Å². The van der Waals surface area contributed by atoms with Crippen molar-refractivity contribution in [1.82, 2.24) is 0 Å². The quantitative estimate of drug-likeness (QED) is 0.693. The first kappa shape index (κ1) is 20.1. The van der Waals surface area contributed by atoms with E-state index >= 15 is 0 Å². The monoisotopic (exact) mass is 439 g/mol. The number of sulfone groups is 1. The van der Waals surface area contributed by atoms with Crippen LogP contribution in [0.4, 0.5) is 5.69 Å². The van der Waals surface area contributed by atoms with Gasteiger partial charge in [-0.2, -0.15) is 0 Å². The predicted molar refractivity (Wildman–Crippen MR) is 102 cm³/mol. The van der Waals surface area contributed by atoms with E-state index in [-0.39, 0.29) is 22.6 Å². The molecule has 0 bridgehead atoms. The predicted octanol–water partition coefficient (Wildman–Crippen LogP) is 3.67. The molecule has 8 heteroatoms. The van der Waals surface area contributed by atoms with E-state index in [1.165, 1.54) is 24.3 Å². The molecular weight excluding hydrogens is 422 g/mol. The highest BCUT2D eigenvalue weighted by Gasteiger charge is 2.17. The Kier molecular flexibility index (Phi) is 6.55. The highest BCUT2D eigenvalue weighted by molar-refractivity contribution is 9.10. The molecule has 26 heavy (non-hydrogen) atoms. The summed E-state index contributed by atoms with van der Waals surface area (Å²) in [7, 11) is -3.33. The van der Waals surface area contributed by atoms with E-state index in [2.05, 4.69) is 21.2 Å². The molecular formula is C18H18BrNO5S. The lowest BCUT2D eigenvalue weighted by Crippen LogP contribution is -2.16. The average Bonchev–Trinajstić information content (AvgIpc) is 2.60. The van der Waals surface area contributed by atoms with E-state index in [0.717, 1.165) is 6.26 Å². The standard InChI is InChI=1S/C18H18BrNO5S/c1-3-10-25-18(22)15-11-13(19)6-9-16(15)20-17(21)12-4-7-14(8-5-12)26(2,23)24/h4-9,11H,3,10H2,1-2H3,(H,20,21). The van der Waals surface area contributed by atoms with Crippen LogP contribution in [-0.4, -0.2) is 33.2 Å². The van der Waals surface area contributed by atoms with Gasteiger partial charge in [-0.25, -0.2) is 13.2 Å². The number of amides is 1. The van der Waals surface area contributed by atoms with Gasteiger partial charge in [0.15, 0.2) is 9.84 Å². The summed E-state index contributed by atoms with van der Waals surface area (Å²) in [5, 5.41) is 2.66. The van der Waals surface area contributed by atoms with Gasteiger partial charge in [-0.1, -0.05) is 22.9 Å². The van der Waals surface area contributed by atoms with E-state index in [1.807, 2.05) is 6.92 Å². The summed E-state index contributed by atoms with van der Waals surface area (Å²) in [6, 6.07) is 10.4. The van der Waals surface area contributed by atoms with E-state index in [4.69, 9.17) is 4.74 Å². The van der Waals surface area contributed by atoms with Crippen LogP contribution >= 0.6 is 15.9 Å². The Balaban J connectivity index is 2.24. The molecule has 2 aromatic carbocycles. The molecule has 0 aliphatic heterocycles. The Morgan fingerprint density at radius 3 is 2.35 bits per heavy atom. The minimum absolute atomic E-state index is 0.126. The maximum atomic E-state index is 12.4. The summed E-state index contributed by atoms with van der Waals surface area (Å²) in [4.78, 5) is 24.7. The molecule has 0 spiro atoms. The lowest BCUT2D eigenvalue weighted by Gasteiger charge is -2.11. The minimum atomic E-state index is -3.33. The highest BCUT2D eigenvalue weighted by Crippen LogP contribution is 2.23. The highest BCUT2D eigenvalue weighted by atomic mass is 79.9. The summed E-state index contributed by atoms with van der Waals surface area (Å²) in [6.07, 6.45) is 1.78. The molecule has 2 rings (SSSR count). The lowest BCUT2D eigenvalue weighted by molar-refractivity contribution is 0.0506. The van der Waals surface area contributed by atoms with Crippen LogP contribution in [0, 0.1) is 0 Å². The van der Waals surface area contributed by atoms with Crippen LogP contribution in [0.15, 0.2) is 51.8 Å². The summed E-state index contributed by atoms with van der Waals surface area (Å²) in [5.41, 5.74) is 0.814. The zero-order valence-electron chi connectivity index (χ0n) is 14.3. The van der Waals surface area contributed by atoms with Crippen LogP contribution in [0.5, 0.6) is 0 Å². The Morgan fingerprint density at radius 2 is 1.77 bits per heavy atom. The maximum absolute atomic E-state index is 12.4. The number of carbonyl (C=O) groups excluding carboxylic acids is 2. The Morgan fingerprint density at radius 1 is 1.12 bits per heavy atom. The third-order valence-corrected chi connectivity index (χ3v) is 5.05. The van der Waals surface area contributed by atoms with Crippen molar-refractivity contribution < 1.29 is 22.7 Å². The minimum Gasteiger partial charge on any atom is -0.462 e. The fourth-order valence-corrected chi connectivity index (χ4v) is 3.11. The van der Waals surface area contributed by atoms with Crippen molar-refractivity contribution in [2.45, 2.75) is 18.2 Å². The van der Waals surface area contributed by atoms with Crippen molar-refractivity contribution in [3.8, 4) is 0 Å². The van der Waals surface area contributed by atoms with Crippen molar-refractivity contribution in [3.05, 3.63) is 58.1 Å². The molecule has 0 saturated heterocycles. The number of hydrogen-bond acceptors (Lipinski definition) is 5. The number of hydrogen-bond donors (Lipinski definition) is 1. The zero-order chi connectivity index (χ0) is 19.3. The molecule has 138 valence electrons. The van der Waals surface area contributed by atoms with Gasteiger partial charge >= 0.3 is 5.97 Å². The second-order valence-corrected chi connectivity index (χ2v) is 8.51. The van der Waals surface area contributed by atoms with Gasteiger partial charge in [-0.05, 0) is 48.9 Å². The molecule has 0 radical (unpaired) electrons.